The molecule has 1 rings (SSSR count). The van der Waals surface area contributed by atoms with E-state index < -0.39 is 6.43 Å². The molecule has 1 aromatic carbocycles. The van der Waals surface area contributed by atoms with Crippen molar-refractivity contribution in [1.29, 1.82) is 0 Å². The van der Waals surface area contributed by atoms with E-state index in [1.54, 1.807) is 24.3 Å². The third kappa shape index (κ3) is 2.74. The molecular weight excluding hydrogens is 162 g/mol. The second kappa shape index (κ2) is 3.90. The molecule has 0 bridgehead atoms. The van der Waals surface area contributed by atoms with Crippen LogP contribution in [-0.4, -0.2) is 13.0 Å². The van der Waals surface area contributed by atoms with E-state index in [2.05, 4.69) is 5.32 Å². The van der Waals surface area contributed by atoms with E-state index in [4.69, 9.17) is 5.73 Å². The molecule has 0 saturated carbocycles. The monoisotopic (exact) mass is 172 g/mol. The van der Waals surface area contributed by atoms with E-state index in [-0.39, 0.29) is 6.54 Å². The van der Waals surface area contributed by atoms with Crippen LogP contribution in [0.4, 0.5) is 20.2 Å². The summed E-state index contributed by atoms with van der Waals surface area (Å²) in [6, 6.07) is 6.72. The van der Waals surface area contributed by atoms with E-state index in [1.165, 1.54) is 0 Å². The van der Waals surface area contributed by atoms with Gasteiger partial charge in [0.1, 0.15) is 0 Å². The third-order valence-corrected chi connectivity index (χ3v) is 1.35. The molecule has 0 atom stereocenters. The number of nitrogens with two attached hydrogens (primary N) is 1. The Morgan fingerprint density at radius 2 is 2.17 bits per heavy atom. The van der Waals surface area contributed by atoms with Crippen LogP contribution < -0.4 is 11.1 Å². The van der Waals surface area contributed by atoms with Crippen LogP contribution in [0.3, 0.4) is 0 Å². The fourth-order valence-electron chi connectivity index (χ4n) is 0.844. The van der Waals surface area contributed by atoms with Crippen LogP contribution in [0.5, 0.6) is 0 Å². The Kier molecular flexibility index (Phi) is 2.85. The number of nitrogen functional groups attached to an aromatic ring is 1. The van der Waals surface area contributed by atoms with Gasteiger partial charge in [0.2, 0.25) is 0 Å². The highest BCUT2D eigenvalue weighted by Crippen LogP contribution is 2.11. The molecule has 2 nitrogen and oxygen atoms in total. The number of halogens is 2. The molecule has 66 valence electrons. The van der Waals surface area contributed by atoms with Crippen molar-refractivity contribution in [2.75, 3.05) is 17.6 Å². The lowest BCUT2D eigenvalue weighted by Crippen LogP contribution is -2.10. The number of hydrogen-bond donors (Lipinski definition) is 2. The van der Waals surface area contributed by atoms with Crippen molar-refractivity contribution in [2.45, 2.75) is 6.43 Å². The van der Waals surface area contributed by atoms with Gasteiger partial charge in [-0.15, -0.1) is 0 Å². The molecule has 12 heavy (non-hydrogen) atoms. The molecule has 0 aromatic heterocycles. The van der Waals surface area contributed by atoms with Gasteiger partial charge in [-0.1, -0.05) is 6.07 Å². The summed E-state index contributed by atoms with van der Waals surface area (Å²) in [7, 11) is 0. The zero-order valence-electron chi connectivity index (χ0n) is 6.43. The number of benzene rings is 1. The molecule has 0 unspecified atom stereocenters. The van der Waals surface area contributed by atoms with Crippen LogP contribution >= 0.6 is 0 Å². The summed E-state index contributed by atoms with van der Waals surface area (Å²) >= 11 is 0. The first-order valence-electron chi connectivity index (χ1n) is 3.56. The summed E-state index contributed by atoms with van der Waals surface area (Å²) in [4.78, 5) is 0. The van der Waals surface area contributed by atoms with Gasteiger partial charge < -0.3 is 11.1 Å². The Balaban J connectivity index is 2.52. The summed E-state index contributed by atoms with van der Waals surface area (Å²) in [5.74, 6) is 0. The largest absolute Gasteiger partial charge is 0.399 e. The van der Waals surface area contributed by atoms with Crippen molar-refractivity contribution in [3.63, 3.8) is 0 Å². The average Bonchev–Trinajstić information content (AvgIpc) is 2.01. The second-order valence-electron chi connectivity index (χ2n) is 2.40. The second-order valence-corrected chi connectivity index (χ2v) is 2.40. The van der Waals surface area contributed by atoms with Gasteiger partial charge in [0, 0.05) is 11.4 Å². The van der Waals surface area contributed by atoms with E-state index in [9.17, 15) is 8.78 Å². The number of alkyl halides is 2. The topological polar surface area (TPSA) is 38.0 Å². The quantitative estimate of drug-likeness (QED) is 0.684. The SMILES string of the molecule is Nc1cccc(NCC(F)F)c1. The van der Waals surface area contributed by atoms with Crippen molar-refractivity contribution in [3.05, 3.63) is 24.3 Å². The van der Waals surface area contributed by atoms with Crippen molar-refractivity contribution in [1.82, 2.24) is 0 Å². The number of hydrogen-bond acceptors (Lipinski definition) is 2. The molecule has 0 aliphatic carbocycles. The Morgan fingerprint density at radius 3 is 2.75 bits per heavy atom. The number of anilines is 2. The molecule has 0 radical (unpaired) electrons. The van der Waals surface area contributed by atoms with Crippen LogP contribution in [0.15, 0.2) is 24.3 Å². The number of nitrogens with one attached hydrogen (secondary N) is 1. The average molecular weight is 172 g/mol. The molecule has 0 amide bonds. The van der Waals surface area contributed by atoms with Gasteiger partial charge in [-0.3, -0.25) is 0 Å². The minimum absolute atomic E-state index is 0.344. The summed E-state index contributed by atoms with van der Waals surface area (Å²) in [5.41, 5.74) is 6.62. The summed E-state index contributed by atoms with van der Waals surface area (Å²) in [5, 5.41) is 2.55. The fraction of sp³-hybridized carbons (Fsp3) is 0.250. The standard InChI is InChI=1S/C8H10F2N2/c9-8(10)5-12-7-3-1-2-6(11)4-7/h1-4,8,12H,5,11H2. The highest BCUT2D eigenvalue weighted by Gasteiger charge is 2.00. The molecular formula is C8H10F2N2. The molecule has 0 aliphatic heterocycles. The minimum Gasteiger partial charge on any atom is -0.399 e. The minimum atomic E-state index is -2.34. The van der Waals surface area contributed by atoms with Gasteiger partial charge in [-0.2, -0.15) is 0 Å². The molecule has 0 heterocycles. The molecule has 4 heteroatoms. The lowest BCUT2D eigenvalue weighted by atomic mass is 10.3. The predicted molar refractivity (Wildman–Crippen MR) is 45.3 cm³/mol. The third-order valence-electron chi connectivity index (χ3n) is 1.35. The Morgan fingerprint density at radius 1 is 1.42 bits per heavy atom. The van der Waals surface area contributed by atoms with Crippen LogP contribution in [0.1, 0.15) is 0 Å². The van der Waals surface area contributed by atoms with Gasteiger partial charge in [0.05, 0.1) is 6.54 Å². The highest BCUT2D eigenvalue weighted by molar-refractivity contribution is 5.53. The zero-order chi connectivity index (χ0) is 8.97. The van der Waals surface area contributed by atoms with Crippen LogP contribution in [0, 0.1) is 0 Å². The van der Waals surface area contributed by atoms with E-state index in [1.807, 2.05) is 0 Å². The lowest BCUT2D eigenvalue weighted by molar-refractivity contribution is 0.163. The van der Waals surface area contributed by atoms with E-state index in [0.29, 0.717) is 11.4 Å². The van der Waals surface area contributed by atoms with Crippen LogP contribution in [-0.2, 0) is 0 Å². The molecule has 3 N–H and O–H groups in total. The fourth-order valence-corrected chi connectivity index (χ4v) is 0.844. The van der Waals surface area contributed by atoms with Crippen LogP contribution in [0.25, 0.3) is 0 Å². The van der Waals surface area contributed by atoms with E-state index >= 15 is 0 Å². The first-order chi connectivity index (χ1) is 5.68. The highest BCUT2D eigenvalue weighted by atomic mass is 19.3. The predicted octanol–water partition coefficient (Wildman–Crippen LogP) is 1.95. The van der Waals surface area contributed by atoms with Crippen molar-refractivity contribution in [2.24, 2.45) is 0 Å². The van der Waals surface area contributed by atoms with Gasteiger partial charge >= 0.3 is 0 Å². The first-order valence-corrected chi connectivity index (χ1v) is 3.56. The van der Waals surface area contributed by atoms with Crippen molar-refractivity contribution >= 4 is 11.4 Å². The maximum atomic E-state index is 11.7. The molecule has 0 saturated heterocycles. The van der Waals surface area contributed by atoms with Gasteiger partial charge in [-0.25, -0.2) is 8.78 Å². The summed E-state index contributed by atoms with van der Waals surface area (Å²) < 4.78 is 23.5. The van der Waals surface area contributed by atoms with Crippen LogP contribution in [0.2, 0.25) is 0 Å². The van der Waals surface area contributed by atoms with E-state index in [0.717, 1.165) is 0 Å². The zero-order valence-corrected chi connectivity index (χ0v) is 6.43. The molecule has 1 aromatic rings. The van der Waals surface area contributed by atoms with Gasteiger partial charge in [0.25, 0.3) is 6.43 Å². The smallest absolute Gasteiger partial charge is 0.255 e. The Bertz CT molecular complexity index is 251. The molecule has 0 aliphatic rings. The normalized spacial score (nSPS) is 10.2. The van der Waals surface area contributed by atoms with Crippen molar-refractivity contribution in [3.8, 4) is 0 Å². The van der Waals surface area contributed by atoms with Gasteiger partial charge in [0.15, 0.2) is 0 Å². The first kappa shape index (κ1) is 8.77. The lowest BCUT2D eigenvalue weighted by Gasteiger charge is -2.05. The Labute approximate surface area is 69.4 Å². The Hall–Kier alpha value is -1.32. The number of rotatable bonds is 3. The van der Waals surface area contributed by atoms with Crippen molar-refractivity contribution < 1.29 is 8.78 Å². The summed E-state index contributed by atoms with van der Waals surface area (Å²) in [6.07, 6.45) is -2.34. The molecule has 0 fully saturated rings. The summed E-state index contributed by atoms with van der Waals surface area (Å²) in [6.45, 7) is -0.344. The maximum absolute atomic E-state index is 11.7. The maximum Gasteiger partial charge on any atom is 0.255 e. The van der Waals surface area contributed by atoms with Gasteiger partial charge in [-0.05, 0) is 18.2 Å². The molecule has 0 spiro atoms.